The number of benzene rings is 3. The van der Waals surface area contributed by atoms with Crippen molar-refractivity contribution in [2.24, 2.45) is 0 Å². The lowest BCUT2D eigenvalue weighted by Crippen LogP contribution is -2.16. The van der Waals surface area contributed by atoms with Crippen LogP contribution >= 0.6 is 11.6 Å². The van der Waals surface area contributed by atoms with Crippen LogP contribution in [0.5, 0.6) is 17.2 Å². The van der Waals surface area contributed by atoms with Gasteiger partial charge in [0.05, 0.1) is 10.9 Å². The molecule has 35 heavy (non-hydrogen) atoms. The van der Waals surface area contributed by atoms with Crippen molar-refractivity contribution in [3.8, 4) is 17.2 Å². The minimum absolute atomic E-state index is 0.0640. The Morgan fingerprint density at radius 1 is 1.00 bits per heavy atom. The number of esters is 1. The summed E-state index contributed by atoms with van der Waals surface area (Å²) in [6.45, 7) is 3.70. The molecule has 0 unspecified atom stereocenters. The third-order valence-electron chi connectivity index (χ3n) is 5.12. The zero-order valence-corrected chi connectivity index (χ0v) is 19.2. The fourth-order valence-corrected chi connectivity index (χ4v) is 3.54. The predicted octanol–water partition coefficient (Wildman–Crippen LogP) is 7.60. The zero-order valence-electron chi connectivity index (χ0n) is 18.5. The normalized spacial score (nSPS) is 11.6. The second kappa shape index (κ2) is 9.46. The fraction of sp³-hybridized carbons (Fsp3) is 0.154. The number of halogens is 4. The van der Waals surface area contributed by atoms with Crippen LogP contribution in [0.2, 0.25) is 5.02 Å². The smallest absolute Gasteiger partial charge is 0.449 e. The molecule has 0 saturated heterocycles. The molecule has 0 fully saturated rings. The van der Waals surface area contributed by atoms with E-state index in [1.54, 1.807) is 18.2 Å². The number of rotatable bonds is 5. The number of carbonyl (C=O) groups excluding carboxylic acids is 1. The van der Waals surface area contributed by atoms with E-state index >= 15 is 0 Å². The van der Waals surface area contributed by atoms with E-state index in [0.717, 1.165) is 6.07 Å². The Morgan fingerprint density at radius 3 is 2.34 bits per heavy atom. The minimum Gasteiger partial charge on any atom is -0.449 e. The van der Waals surface area contributed by atoms with Gasteiger partial charge in [-0.15, -0.1) is 0 Å². The molecule has 0 saturated carbocycles. The second-order valence-corrected chi connectivity index (χ2v) is 8.37. The number of para-hydroxylation sites is 1. The van der Waals surface area contributed by atoms with Gasteiger partial charge in [0.15, 0.2) is 0 Å². The van der Waals surface area contributed by atoms with Gasteiger partial charge in [0.2, 0.25) is 11.2 Å². The van der Waals surface area contributed by atoms with Crippen LogP contribution in [0.15, 0.2) is 75.9 Å². The highest BCUT2D eigenvalue weighted by atomic mass is 35.5. The molecule has 4 rings (SSSR count). The minimum atomic E-state index is -5.02. The third kappa shape index (κ3) is 5.17. The third-order valence-corrected chi connectivity index (χ3v) is 5.38. The maximum Gasteiger partial charge on any atom is 0.453 e. The maximum absolute atomic E-state index is 13.9. The van der Waals surface area contributed by atoms with Crippen LogP contribution in [0.3, 0.4) is 0 Å². The first kappa shape index (κ1) is 24.3. The predicted molar refractivity (Wildman–Crippen MR) is 125 cm³/mol. The summed E-state index contributed by atoms with van der Waals surface area (Å²) in [7, 11) is 0. The highest BCUT2D eigenvalue weighted by molar-refractivity contribution is 6.30. The molecule has 0 aliphatic carbocycles. The van der Waals surface area contributed by atoms with Crippen molar-refractivity contribution in [1.82, 2.24) is 0 Å². The van der Waals surface area contributed by atoms with Crippen LogP contribution in [0.4, 0.5) is 13.2 Å². The summed E-state index contributed by atoms with van der Waals surface area (Å²) in [4.78, 5) is 25.4. The van der Waals surface area contributed by atoms with Crippen molar-refractivity contribution in [3.05, 3.63) is 98.9 Å². The van der Waals surface area contributed by atoms with E-state index in [4.69, 9.17) is 25.5 Å². The Labute approximate surface area is 202 Å². The van der Waals surface area contributed by atoms with Crippen molar-refractivity contribution in [1.29, 1.82) is 0 Å². The Kier molecular flexibility index (Phi) is 6.58. The molecule has 1 heterocycles. The van der Waals surface area contributed by atoms with Crippen molar-refractivity contribution in [2.75, 3.05) is 0 Å². The monoisotopic (exact) mass is 502 g/mol. The fourth-order valence-electron chi connectivity index (χ4n) is 3.41. The van der Waals surface area contributed by atoms with Gasteiger partial charge in [0, 0.05) is 11.1 Å². The lowest BCUT2D eigenvalue weighted by Gasteiger charge is -2.16. The van der Waals surface area contributed by atoms with Crippen LogP contribution in [0.25, 0.3) is 11.0 Å². The summed E-state index contributed by atoms with van der Waals surface area (Å²) in [5.74, 6) is -3.37. The van der Waals surface area contributed by atoms with Gasteiger partial charge in [0.1, 0.15) is 17.1 Å². The van der Waals surface area contributed by atoms with Gasteiger partial charge in [-0.3, -0.25) is 4.79 Å². The highest BCUT2D eigenvalue weighted by Gasteiger charge is 2.40. The van der Waals surface area contributed by atoms with Crippen molar-refractivity contribution < 1.29 is 31.9 Å². The average molecular weight is 503 g/mol. The Bertz CT molecular complexity index is 1460. The number of carbonyl (C=O) groups is 1. The first-order valence-electron chi connectivity index (χ1n) is 10.5. The van der Waals surface area contributed by atoms with E-state index in [9.17, 15) is 22.8 Å². The molecule has 0 radical (unpaired) electrons. The average Bonchev–Trinajstić information content (AvgIpc) is 2.80. The van der Waals surface area contributed by atoms with Crippen LogP contribution in [0, 0.1) is 0 Å². The first-order valence-corrected chi connectivity index (χ1v) is 10.8. The number of fused-ring (bicyclic) bond motifs is 1. The van der Waals surface area contributed by atoms with Crippen LogP contribution in [0.1, 0.15) is 41.4 Å². The van der Waals surface area contributed by atoms with Crippen molar-refractivity contribution >= 4 is 28.5 Å². The molecule has 0 N–H and O–H groups in total. The number of alkyl halides is 3. The lowest BCUT2D eigenvalue weighted by atomic mass is 10.0. The standard InChI is InChI=1S/C26H18ClF3O5/c1-14(2)18-5-3-4-6-20(18)34-23-22(31)19-12-11-17(13-21(19)35-24(23)26(28,29)30)33-25(32)15-7-9-16(27)10-8-15/h3-14H,1-2H3. The molecule has 0 spiro atoms. The molecule has 3 aromatic carbocycles. The molecule has 180 valence electrons. The summed E-state index contributed by atoms with van der Waals surface area (Å²) in [6.07, 6.45) is -5.02. The Balaban J connectivity index is 1.77. The SMILES string of the molecule is CC(C)c1ccccc1Oc1c(C(F)(F)F)oc2cc(OC(=O)c3ccc(Cl)cc3)ccc2c1=O. The Hall–Kier alpha value is -3.78. The number of hydrogen-bond donors (Lipinski definition) is 0. The van der Waals surface area contributed by atoms with Gasteiger partial charge in [-0.05, 0) is 53.9 Å². The second-order valence-electron chi connectivity index (χ2n) is 7.94. The van der Waals surface area contributed by atoms with Crippen molar-refractivity contribution in [2.45, 2.75) is 25.9 Å². The molecule has 0 amide bonds. The summed E-state index contributed by atoms with van der Waals surface area (Å²) in [6, 6.07) is 15.9. The van der Waals surface area contributed by atoms with Gasteiger partial charge in [-0.1, -0.05) is 43.6 Å². The van der Waals surface area contributed by atoms with Crippen molar-refractivity contribution in [3.63, 3.8) is 0 Å². The molecular formula is C26H18ClF3O5. The van der Waals surface area contributed by atoms with E-state index in [-0.39, 0.29) is 28.4 Å². The molecule has 0 aliphatic heterocycles. The van der Waals surface area contributed by atoms with Crippen LogP contribution < -0.4 is 14.9 Å². The zero-order chi connectivity index (χ0) is 25.3. The van der Waals surface area contributed by atoms with E-state index in [1.165, 1.54) is 42.5 Å². The molecule has 4 aromatic rings. The lowest BCUT2D eigenvalue weighted by molar-refractivity contribution is -0.154. The van der Waals surface area contributed by atoms with Gasteiger partial charge in [0.25, 0.3) is 5.76 Å². The molecule has 1 aromatic heterocycles. The largest absolute Gasteiger partial charge is 0.453 e. The van der Waals surface area contributed by atoms with E-state index in [1.807, 2.05) is 13.8 Å². The first-order chi connectivity index (χ1) is 16.5. The van der Waals surface area contributed by atoms with Gasteiger partial charge in [-0.2, -0.15) is 13.2 Å². The van der Waals surface area contributed by atoms with Gasteiger partial charge >= 0.3 is 12.1 Å². The van der Waals surface area contributed by atoms with Gasteiger partial charge < -0.3 is 13.9 Å². The van der Waals surface area contributed by atoms with E-state index < -0.39 is 34.7 Å². The number of hydrogen-bond acceptors (Lipinski definition) is 5. The summed E-state index contributed by atoms with van der Waals surface area (Å²) in [5.41, 5.74) is -0.606. The summed E-state index contributed by atoms with van der Waals surface area (Å²) in [5, 5.41) is 0.254. The van der Waals surface area contributed by atoms with Crippen LogP contribution in [-0.2, 0) is 6.18 Å². The topological polar surface area (TPSA) is 65.7 Å². The molecule has 9 heteroatoms. The molecule has 0 atom stereocenters. The highest BCUT2D eigenvalue weighted by Crippen LogP contribution is 2.40. The van der Waals surface area contributed by atoms with E-state index in [2.05, 4.69) is 0 Å². The maximum atomic E-state index is 13.9. The molecular weight excluding hydrogens is 485 g/mol. The molecule has 0 aliphatic rings. The Morgan fingerprint density at radius 2 is 1.69 bits per heavy atom. The van der Waals surface area contributed by atoms with Crippen LogP contribution in [-0.4, -0.2) is 5.97 Å². The summed E-state index contributed by atoms with van der Waals surface area (Å²) < 4.78 is 57.4. The molecule has 0 bridgehead atoms. The summed E-state index contributed by atoms with van der Waals surface area (Å²) >= 11 is 5.80. The number of ether oxygens (including phenoxy) is 2. The quantitative estimate of drug-likeness (QED) is 0.208. The molecule has 5 nitrogen and oxygen atoms in total. The van der Waals surface area contributed by atoms with Gasteiger partial charge in [-0.25, -0.2) is 4.79 Å². The van der Waals surface area contributed by atoms with E-state index in [0.29, 0.717) is 10.6 Å².